The first-order valence-corrected chi connectivity index (χ1v) is 9.27. The molecule has 0 bridgehead atoms. The van der Waals surface area contributed by atoms with Crippen molar-refractivity contribution in [1.29, 1.82) is 0 Å². The van der Waals surface area contributed by atoms with Crippen LogP contribution < -0.4 is 10.2 Å². The second-order valence-corrected chi connectivity index (χ2v) is 7.19. The summed E-state index contributed by atoms with van der Waals surface area (Å²) < 4.78 is 5.98. The Kier molecular flexibility index (Phi) is 5.75. The van der Waals surface area contributed by atoms with Gasteiger partial charge in [0.05, 0.1) is 0 Å². The Hall–Kier alpha value is -1.86. The second kappa shape index (κ2) is 8.01. The van der Waals surface area contributed by atoms with E-state index in [0.29, 0.717) is 10.4 Å². The SMILES string of the molecule is Cc1cc(Br)oc1C(=O)NC(C)CN1CCN(c2ccccn2)CC1. The van der Waals surface area contributed by atoms with Gasteiger partial charge in [0.2, 0.25) is 0 Å². The number of carbonyl (C=O) groups is 1. The smallest absolute Gasteiger partial charge is 0.287 e. The highest BCUT2D eigenvalue weighted by molar-refractivity contribution is 9.10. The first-order chi connectivity index (χ1) is 12.0. The van der Waals surface area contributed by atoms with Gasteiger partial charge in [-0.3, -0.25) is 9.69 Å². The first kappa shape index (κ1) is 17.9. The monoisotopic (exact) mass is 406 g/mol. The third-order valence-corrected chi connectivity index (χ3v) is 4.74. The lowest BCUT2D eigenvalue weighted by atomic mass is 10.2. The van der Waals surface area contributed by atoms with E-state index in [2.05, 4.69) is 36.0 Å². The molecule has 7 heteroatoms. The normalized spacial score (nSPS) is 16.7. The van der Waals surface area contributed by atoms with Gasteiger partial charge < -0.3 is 14.6 Å². The van der Waals surface area contributed by atoms with Gasteiger partial charge in [-0.05, 0) is 48.0 Å². The number of piperazine rings is 1. The standard InChI is InChI=1S/C18H23BrN4O2/c1-13-11-15(19)25-17(13)18(24)21-14(2)12-22-7-9-23(10-8-22)16-5-3-4-6-20-16/h3-6,11,14H,7-10,12H2,1-2H3,(H,21,24). The summed E-state index contributed by atoms with van der Waals surface area (Å²) in [7, 11) is 0. The van der Waals surface area contributed by atoms with E-state index in [0.717, 1.165) is 44.1 Å². The fourth-order valence-electron chi connectivity index (χ4n) is 3.09. The highest BCUT2D eigenvalue weighted by Gasteiger charge is 2.21. The molecule has 1 aliphatic heterocycles. The number of amides is 1. The minimum Gasteiger partial charge on any atom is -0.444 e. The number of nitrogens with one attached hydrogen (secondary N) is 1. The minimum atomic E-state index is -0.164. The van der Waals surface area contributed by atoms with E-state index in [-0.39, 0.29) is 11.9 Å². The van der Waals surface area contributed by atoms with Crippen molar-refractivity contribution in [2.75, 3.05) is 37.6 Å². The van der Waals surface area contributed by atoms with Crippen LogP contribution in [0.15, 0.2) is 39.5 Å². The van der Waals surface area contributed by atoms with E-state index in [1.807, 2.05) is 38.2 Å². The molecule has 0 aromatic carbocycles. The molecule has 25 heavy (non-hydrogen) atoms. The van der Waals surface area contributed by atoms with Crippen LogP contribution in [0.4, 0.5) is 5.82 Å². The van der Waals surface area contributed by atoms with Gasteiger partial charge in [-0.1, -0.05) is 6.07 Å². The number of hydrogen-bond acceptors (Lipinski definition) is 5. The number of aromatic nitrogens is 1. The predicted octanol–water partition coefficient (Wildman–Crippen LogP) is 2.69. The molecule has 1 aliphatic rings. The summed E-state index contributed by atoms with van der Waals surface area (Å²) in [5.41, 5.74) is 0.834. The number of carbonyl (C=O) groups excluding carboxylic acids is 1. The van der Waals surface area contributed by atoms with Gasteiger partial charge in [-0.25, -0.2) is 4.98 Å². The van der Waals surface area contributed by atoms with E-state index < -0.39 is 0 Å². The lowest BCUT2D eigenvalue weighted by molar-refractivity contribution is 0.0898. The molecular weight excluding hydrogens is 384 g/mol. The van der Waals surface area contributed by atoms with Crippen LogP contribution in [0.5, 0.6) is 0 Å². The van der Waals surface area contributed by atoms with Gasteiger partial charge in [0.25, 0.3) is 5.91 Å². The molecule has 6 nitrogen and oxygen atoms in total. The maximum absolute atomic E-state index is 12.3. The molecule has 2 aromatic rings. The lowest BCUT2D eigenvalue weighted by Crippen LogP contribution is -2.51. The molecule has 134 valence electrons. The van der Waals surface area contributed by atoms with Crippen LogP contribution in [0.2, 0.25) is 0 Å². The average molecular weight is 407 g/mol. The average Bonchev–Trinajstić information content (AvgIpc) is 2.95. The fraction of sp³-hybridized carbons (Fsp3) is 0.444. The molecule has 1 unspecified atom stereocenters. The van der Waals surface area contributed by atoms with Gasteiger partial charge >= 0.3 is 0 Å². The van der Waals surface area contributed by atoms with Crippen molar-refractivity contribution >= 4 is 27.7 Å². The van der Waals surface area contributed by atoms with Gasteiger partial charge in [0.1, 0.15) is 5.82 Å². The topological polar surface area (TPSA) is 61.6 Å². The summed E-state index contributed by atoms with van der Waals surface area (Å²) in [6.45, 7) is 8.53. The number of pyridine rings is 1. The molecule has 3 rings (SSSR count). The number of hydrogen-bond donors (Lipinski definition) is 1. The van der Waals surface area contributed by atoms with Crippen LogP contribution in [0.1, 0.15) is 23.0 Å². The Bertz CT molecular complexity index is 711. The molecule has 1 saturated heterocycles. The summed E-state index contributed by atoms with van der Waals surface area (Å²) in [5.74, 6) is 1.24. The molecule has 0 spiro atoms. The van der Waals surface area contributed by atoms with Crippen LogP contribution in [0.25, 0.3) is 0 Å². The van der Waals surface area contributed by atoms with E-state index in [4.69, 9.17) is 4.42 Å². The molecule has 1 amide bonds. The number of halogens is 1. The molecule has 1 atom stereocenters. The first-order valence-electron chi connectivity index (χ1n) is 8.48. The summed E-state index contributed by atoms with van der Waals surface area (Å²) in [5, 5.41) is 3.02. The Balaban J connectivity index is 1.47. The quantitative estimate of drug-likeness (QED) is 0.826. The zero-order valence-electron chi connectivity index (χ0n) is 14.5. The van der Waals surface area contributed by atoms with Crippen LogP contribution >= 0.6 is 15.9 Å². The number of rotatable bonds is 5. The summed E-state index contributed by atoms with van der Waals surface area (Å²) >= 11 is 3.26. The van der Waals surface area contributed by atoms with Crippen molar-refractivity contribution in [3.05, 3.63) is 46.5 Å². The molecule has 1 fully saturated rings. The molecule has 2 aromatic heterocycles. The van der Waals surface area contributed by atoms with Gasteiger partial charge in [0, 0.05) is 50.5 Å². The molecule has 3 heterocycles. The van der Waals surface area contributed by atoms with E-state index in [9.17, 15) is 4.79 Å². The fourth-order valence-corrected chi connectivity index (χ4v) is 3.60. The molecule has 0 radical (unpaired) electrons. The maximum atomic E-state index is 12.3. The summed E-state index contributed by atoms with van der Waals surface area (Å²) in [4.78, 5) is 21.4. The lowest BCUT2D eigenvalue weighted by Gasteiger charge is -2.36. The summed E-state index contributed by atoms with van der Waals surface area (Å²) in [6, 6.07) is 7.85. The Morgan fingerprint density at radius 2 is 2.12 bits per heavy atom. The Labute approximate surface area is 156 Å². The molecular formula is C18H23BrN4O2. The van der Waals surface area contributed by atoms with E-state index in [1.165, 1.54) is 0 Å². The number of aryl methyl sites for hydroxylation is 1. The zero-order valence-corrected chi connectivity index (χ0v) is 16.1. The van der Waals surface area contributed by atoms with Crippen molar-refractivity contribution in [3.8, 4) is 0 Å². The molecule has 0 aliphatic carbocycles. The highest BCUT2D eigenvalue weighted by atomic mass is 79.9. The zero-order chi connectivity index (χ0) is 17.8. The van der Waals surface area contributed by atoms with Crippen LogP contribution in [-0.4, -0.2) is 54.6 Å². The van der Waals surface area contributed by atoms with Crippen molar-refractivity contribution in [1.82, 2.24) is 15.2 Å². The third-order valence-electron chi connectivity index (χ3n) is 4.35. The van der Waals surface area contributed by atoms with Crippen molar-refractivity contribution in [2.45, 2.75) is 19.9 Å². The predicted molar refractivity (Wildman–Crippen MR) is 101 cm³/mol. The maximum Gasteiger partial charge on any atom is 0.287 e. The second-order valence-electron chi connectivity index (χ2n) is 6.41. The largest absolute Gasteiger partial charge is 0.444 e. The van der Waals surface area contributed by atoms with Crippen molar-refractivity contribution < 1.29 is 9.21 Å². The van der Waals surface area contributed by atoms with Crippen LogP contribution in [-0.2, 0) is 0 Å². The van der Waals surface area contributed by atoms with Gasteiger partial charge in [-0.2, -0.15) is 0 Å². The Morgan fingerprint density at radius 1 is 1.36 bits per heavy atom. The third kappa shape index (κ3) is 4.61. The molecule has 1 N–H and O–H groups in total. The van der Waals surface area contributed by atoms with Gasteiger partial charge in [0.15, 0.2) is 10.4 Å². The number of furan rings is 1. The van der Waals surface area contributed by atoms with E-state index >= 15 is 0 Å². The van der Waals surface area contributed by atoms with Crippen molar-refractivity contribution in [2.24, 2.45) is 0 Å². The van der Waals surface area contributed by atoms with E-state index in [1.54, 1.807) is 6.07 Å². The highest BCUT2D eigenvalue weighted by Crippen LogP contribution is 2.19. The van der Waals surface area contributed by atoms with Gasteiger partial charge in [-0.15, -0.1) is 0 Å². The van der Waals surface area contributed by atoms with Crippen LogP contribution in [0, 0.1) is 6.92 Å². The summed E-state index contributed by atoms with van der Waals surface area (Å²) in [6.07, 6.45) is 1.83. The van der Waals surface area contributed by atoms with Crippen LogP contribution in [0.3, 0.4) is 0 Å². The van der Waals surface area contributed by atoms with Crippen molar-refractivity contribution in [3.63, 3.8) is 0 Å². The minimum absolute atomic E-state index is 0.0529. The Morgan fingerprint density at radius 3 is 2.72 bits per heavy atom. The molecule has 0 saturated carbocycles. The number of anilines is 1. The number of nitrogens with zero attached hydrogens (tertiary/aromatic N) is 3.